The van der Waals surface area contributed by atoms with E-state index < -0.39 is 0 Å². The molecule has 3 heterocycles. The maximum Gasteiger partial charge on any atom is 0.129 e. The molecule has 5 nitrogen and oxygen atoms in total. The van der Waals surface area contributed by atoms with Crippen molar-refractivity contribution >= 4 is 29.0 Å². The number of anilines is 1. The van der Waals surface area contributed by atoms with Gasteiger partial charge in [0, 0.05) is 17.2 Å². The van der Waals surface area contributed by atoms with E-state index in [-0.39, 0.29) is 5.92 Å². The van der Waals surface area contributed by atoms with Crippen molar-refractivity contribution in [2.45, 2.75) is 18.8 Å². The van der Waals surface area contributed by atoms with Crippen LogP contribution in [0.5, 0.6) is 0 Å². The molecule has 0 saturated carbocycles. The quantitative estimate of drug-likeness (QED) is 0.801. The number of nitrogens with zero attached hydrogens (tertiary/aromatic N) is 3. The molecule has 1 aromatic carbocycles. The fourth-order valence-corrected chi connectivity index (χ4v) is 4.35. The highest BCUT2D eigenvalue weighted by Gasteiger charge is 2.35. The molecule has 1 unspecified atom stereocenters. The molecule has 0 spiro atoms. The Bertz CT molecular complexity index is 903. The lowest BCUT2D eigenvalue weighted by molar-refractivity contribution is 0.238. The number of H-pyrrole nitrogens is 1. The minimum Gasteiger partial charge on any atom is -0.343 e. The van der Waals surface area contributed by atoms with Gasteiger partial charge in [0.1, 0.15) is 5.82 Å². The molecular formula is C19H19Cl2N5. The smallest absolute Gasteiger partial charge is 0.129 e. The van der Waals surface area contributed by atoms with Crippen molar-refractivity contribution in [3.05, 3.63) is 56.8 Å². The molecule has 1 saturated heterocycles. The molecule has 7 heteroatoms. The molecule has 0 aliphatic carbocycles. The predicted molar refractivity (Wildman–Crippen MR) is 103 cm³/mol. The average Bonchev–Trinajstić information content (AvgIpc) is 3.11. The second kappa shape index (κ2) is 6.96. The topological polar surface area (TPSA) is 67.7 Å². The highest BCUT2D eigenvalue weighted by atomic mass is 35.5. The molecule has 134 valence electrons. The number of hydrogen-bond donors (Lipinski definition) is 2. The average molecular weight is 388 g/mol. The summed E-state index contributed by atoms with van der Waals surface area (Å²) in [5, 5.41) is 21.7. The van der Waals surface area contributed by atoms with Gasteiger partial charge in [0.2, 0.25) is 0 Å². The zero-order chi connectivity index (χ0) is 18.3. The van der Waals surface area contributed by atoms with Crippen LogP contribution < -0.4 is 5.32 Å². The van der Waals surface area contributed by atoms with E-state index in [0.717, 1.165) is 48.6 Å². The van der Waals surface area contributed by atoms with Crippen molar-refractivity contribution < 1.29 is 0 Å². The molecule has 0 bridgehead atoms. The molecular weight excluding hydrogens is 369 g/mol. The number of rotatable bonds is 2. The maximum absolute atomic E-state index is 10.0. The Morgan fingerprint density at radius 3 is 2.73 bits per heavy atom. The Balaban J connectivity index is 1.85. The molecule has 2 N–H and O–H groups in total. The van der Waals surface area contributed by atoms with Gasteiger partial charge in [0.25, 0.3) is 0 Å². The van der Waals surface area contributed by atoms with Crippen LogP contribution in [0.3, 0.4) is 0 Å². The van der Waals surface area contributed by atoms with E-state index in [4.69, 9.17) is 23.2 Å². The van der Waals surface area contributed by atoms with Crippen LogP contribution in [0, 0.1) is 17.2 Å². The van der Waals surface area contributed by atoms with E-state index in [2.05, 4.69) is 33.5 Å². The number of aromatic nitrogens is 2. The van der Waals surface area contributed by atoms with E-state index in [1.54, 1.807) is 12.3 Å². The number of piperidine rings is 1. The van der Waals surface area contributed by atoms with Crippen molar-refractivity contribution in [2.75, 3.05) is 25.5 Å². The number of nitriles is 1. The minimum absolute atomic E-state index is 0.268. The van der Waals surface area contributed by atoms with Crippen LogP contribution in [-0.4, -0.2) is 35.2 Å². The van der Waals surface area contributed by atoms with Gasteiger partial charge in [-0.05, 0) is 44.6 Å². The molecule has 4 rings (SSSR count). The molecule has 2 aromatic rings. The summed E-state index contributed by atoms with van der Waals surface area (Å²) in [6.07, 6.45) is 3.79. The Kier molecular flexibility index (Phi) is 4.66. The Labute approximate surface area is 162 Å². The first-order valence-electron chi connectivity index (χ1n) is 8.67. The lowest BCUT2D eigenvalue weighted by atomic mass is 9.79. The number of halogens is 2. The predicted octanol–water partition coefficient (Wildman–Crippen LogP) is 4.39. The second-order valence-corrected chi connectivity index (χ2v) is 7.70. The SMILES string of the molecule is CN1CCC(C2=C(C#N)C(c3cccc(Cl)c3Cl)c3cn[nH]c3N2)CC1. The summed E-state index contributed by atoms with van der Waals surface area (Å²) >= 11 is 12.8. The van der Waals surface area contributed by atoms with E-state index >= 15 is 0 Å². The van der Waals surface area contributed by atoms with E-state index in [1.165, 1.54) is 0 Å². The van der Waals surface area contributed by atoms with E-state index in [9.17, 15) is 5.26 Å². The molecule has 1 atom stereocenters. The monoisotopic (exact) mass is 387 g/mol. The molecule has 1 fully saturated rings. The molecule has 1 aromatic heterocycles. The first-order valence-corrected chi connectivity index (χ1v) is 9.42. The maximum atomic E-state index is 10.0. The molecule has 2 aliphatic heterocycles. The highest BCUT2D eigenvalue weighted by molar-refractivity contribution is 6.42. The highest BCUT2D eigenvalue weighted by Crippen LogP contribution is 2.46. The van der Waals surface area contributed by atoms with Crippen LogP contribution in [-0.2, 0) is 0 Å². The lowest BCUT2D eigenvalue weighted by Crippen LogP contribution is -2.34. The van der Waals surface area contributed by atoms with Gasteiger partial charge < -0.3 is 10.2 Å². The normalized spacial score (nSPS) is 21.2. The molecule has 0 amide bonds. The van der Waals surface area contributed by atoms with Gasteiger partial charge >= 0.3 is 0 Å². The van der Waals surface area contributed by atoms with Crippen LogP contribution in [0.4, 0.5) is 5.82 Å². The zero-order valence-electron chi connectivity index (χ0n) is 14.4. The van der Waals surface area contributed by atoms with Crippen LogP contribution in [0.25, 0.3) is 0 Å². The largest absolute Gasteiger partial charge is 0.343 e. The fourth-order valence-electron chi connectivity index (χ4n) is 3.94. The Morgan fingerprint density at radius 1 is 1.23 bits per heavy atom. The van der Waals surface area contributed by atoms with Crippen LogP contribution in [0.2, 0.25) is 10.0 Å². The van der Waals surface area contributed by atoms with Crippen LogP contribution in [0.15, 0.2) is 35.7 Å². The third-order valence-electron chi connectivity index (χ3n) is 5.36. The van der Waals surface area contributed by atoms with Crippen molar-refractivity contribution in [1.29, 1.82) is 5.26 Å². The van der Waals surface area contributed by atoms with Gasteiger partial charge in [0.15, 0.2) is 0 Å². The summed E-state index contributed by atoms with van der Waals surface area (Å²) in [5.41, 5.74) is 3.45. The van der Waals surface area contributed by atoms with Crippen molar-refractivity contribution in [2.24, 2.45) is 5.92 Å². The first kappa shape index (κ1) is 17.4. The van der Waals surface area contributed by atoms with Gasteiger partial charge in [-0.25, -0.2) is 0 Å². The first-order chi connectivity index (χ1) is 12.6. The number of allylic oxidation sites excluding steroid dienone is 2. The lowest BCUT2D eigenvalue weighted by Gasteiger charge is -2.35. The number of fused-ring (bicyclic) bond motifs is 1. The Hall–Kier alpha value is -2.00. The summed E-state index contributed by atoms with van der Waals surface area (Å²) < 4.78 is 0. The summed E-state index contributed by atoms with van der Waals surface area (Å²) in [6.45, 7) is 2.04. The Morgan fingerprint density at radius 2 is 2.00 bits per heavy atom. The minimum atomic E-state index is -0.268. The van der Waals surface area contributed by atoms with E-state index in [1.807, 2.05) is 12.1 Å². The second-order valence-electron chi connectivity index (χ2n) is 6.92. The van der Waals surface area contributed by atoms with Crippen LogP contribution >= 0.6 is 23.2 Å². The van der Waals surface area contributed by atoms with Gasteiger partial charge in [-0.2, -0.15) is 10.4 Å². The van der Waals surface area contributed by atoms with Gasteiger partial charge in [-0.1, -0.05) is 35.3 Å². The zero-order valence-corrected chi connectivity index (χ0v) is 15.9. The number of nitrogens with one attached hydrogen (secondary N) is 2. The van der Waals surface area contributed by atoms with Gasteiger partial charge in [-0.3, -0.25) is 5.10 Å². The molecule has 26 heavy (non-hydrogen) atoms. The summed E-state index contributed by atoms with van der Waals surface area (Å²) in [4.78, 5) is 2.32. The number of benzene rings is 1. The van der Waals surface area contributed by atoms with Gasteiger partial charge in [-0.15, -0.1) is 0 Å². The van der Waals surface area contributed by atoms with Crippen molar-refractivity contribution in [3.8, 4) is 6.07 Å². The molecule has 2 aliphatic rings. The van der Waals surface area contributed by atoms with Crippen molar-refractivity contribution in [3.63, 3.8) is 0 Å². The number of aromatic amines is 1. The third kappa shape index (κ3) is 2.88. The third-order valence-corrected chi connectivity index (χ3v) is 6.19. The summed E-state index contributed by atoms with van der Waals surface area (Å²) in [7, 11) is 2.13. The fraction of sp³-hybridized carbons (Fsp3) is 0.368. The standard InChI is InChI=1S/C19H19Cl2N5/c1-26-7-5-11(6-8-26)18-13(9-22)16(14-10-23-25-19(14)24-18)12-3-2-4-15(20)17(12)21/h2-4,10-11,16H,5-8H2,1H3,(H2,23,24,25). The summed E-state index contributed by atoms with van der Waals surface area (Å²) in [5.74, 6) is 0.882. The number of likely N-dealkylation sites (tertiary alicyclic amines) is 1. The molecule has 0 radical (unpaired) electrons. The number of hydrogen-bond acceptors (Lipinski definition) is 4. The van der Waals surface area contributed by atoms with Crippen LogP contribution in [0.1, 0.15) is 29.9 Å². The summed E-state index contributed by atoms with van der Waals surface area (Å²) in [6, 6.07) is 8.02. The van der Waals surface area contributed by atoms with E-state index in [0.29, 0.717) is 21.5 Å². The van der Waals surface area contributed by atoms with Crippen molar-refractivity contribution in [1.82, 2.24) is 15.1 Å². The van der Waals surface area contributed by atoms with Gasteiger partial charge in [0.05, 0.1) is 33.8 Å².